The maximum absolute atomic E-state index is 10.9. The van der Waals surface area contributed by atoms with Crippen molar-refractivity contribution in [3.63, 3.8) is 0 Å². The lowest BCUT2D eigenvalue weighted by Gasteiger charge is -2.38. The molecule has 1 aliphatic rings. The second-order valence-electron chi connectivity index (χ2n) is 8.12. The minimum Gasteiger partial charge on any atom is -0.508 e. The molecule has 0 radical (unpaired) electrons. The highest BCUT2D eigenvalue weighted by molar-refractivity contribution is 5.53. The van der Waals surface area contributed by atoms with Gasteiger partial charge in [-0.3, -0.25) is 0 Å². The maximum atomic E-state index is 10.9. The van der Waals surface area contributed by atoms with Crippen LogP contribution in [-0.2, 0) is 18.3 Å². The van der Waals surface area contributed by atoms with Gasteiger partial charge in [-0.2, -0.15) is 0 Å². The standard InChI is InChI=1S/C25H30O2/c1-18(2)16-25(13-7-8-19(3)17-25)24-21(14-22(26)15-23(24)27)12-11-20-9-5-4-6-10-20/h4-6,9-10,14-15,17,26-27H,1,7-8,11-13,16H2,2-3H3/t25-/m0/s1. The molecule has 3 rings (SSSR count). The summed E-state index contributed by atoms with van der Waals surface area (Å²) in [5.41, 5.74) is 5.50. The van der Waals surface area contributed by atoms with Crippen molar-refractivity contribution in [2.24, 2.45) is 0 Å². The van der Waals surface area contributed by atoms with Crippen LogP contribution in [0.4, 0.5) is 0 Å². The lowest BCUT2D eigenvalue weighted by molar-refractivity contribution is 0.395. The molecule has 1 aliphatic carbocycles. The van der Waals surface area contributed by atoms with Crippen molar-refractivity contribution in [2.45, 2.75) is 57.8 Å². The van der Waals surface area contributed by atoms with Crippen molar-refractivity contribution in [1.82, 2.24) is 0 Å². The molecule has 0 amide bonds. The summed E-state index contributed by atoms with van der Waals surface area (Å²) in [6.45, 7) is 8.39. The molecular weight excluding hydrogens is 332 g/mol. The summed E-state index contributed by atoms with van der Waals surface area (Å²) < 4.78 is 0. The van der Waals surface area contributed by atoms with Crippen LogP contribution in [0.1, 0.15) is 56.2 Å². The third kappa shape index (κ3) is 4.44. The molecule has 2 nitrogen and oxygen atoms in total. The molecule has 0 bridgehead atoms. The highest BCUT2D eigenvalue weighted by Crippen LogP contribution is 2.48. The van der Waals surface area contributed by atoms with Crippen LogP contribution in [-0.4, -0.2) is 10.2 Å². The Hall–Kier alpha value is -2.48. The minimum atomic E-state index is -0.238. The van der Waals surface area contributed by atoms with E-state index in [-0.39, 0.29) is 16.9 Å². The van der Waals surface area contributed by atoms with Gasteiger partial charge in [0.2, 0.25) is 0 Å². The Labute approximate surface area is 162 Å². The van der Waals surface area contributed by atoms with Gasteiger partial charge in [0.25, 0.3) is 0 Å². The first kappa shape index (κ1) is 19.3. The number of aryl methyl sites for hydroxylation is 2. The predicted octanol–water partition coefficient (Wildman–Crippen LogP) is 6.22. The Balaban J connectivity index is 2.06. The molecule has 2 heteroatoms. The van der Waals surface area contributed by atoms with E-state index in [1.807, 2.05) is 24.3 Å². The number of rotatable bonds is 6. The van der Waals surface area contributed by atoms with Gasteiger partial charge in [0.05, 0.1) is 0 Å². The molecule has 0 heterocycles. The fourth-order valence-electron chi connectivity index (χ4n) is 4.63. The van der Waals surface area contributed by atoms with Gasteiger partial charge in [0.1, 0.15) is 11.5 Å². The van der Waals surface area contributed by atoms with Gasteiger partial charge in [0, 0.05) is 17.0 Å². The van der Waals surface area contributed by atoms with E-state index >= 15 is 0 Å². The Morgan fingerprint density at radius 2 is 1.85 bits per heavy atom. The van der Waals surface area contributed by atoms with Crippen LogP contribution < -0.4 is 0 Å². The molecule has 0 fully saturated rings. The predicted molar refractivity (Wildman–Crippen MR) is 112 cm³/mol. The molecule has 142 valence electrons. The number of phenols is 2. The Morgan fingerprint density at radius 1 is 1.11 bits per heavy atom. The molecule has 2 aromatic carbocycles. The smallest absolute Gasteiger partial charge is 0.123 e. The molecule has 0 aliphatic heterocycles. The van der Waals surface area contributed by atoms with E-state index < -0.39 is 0 Å². The zero-order valence-electron chi connectivity index (χ0n) is 16.5. The number of hydrogen-bond acceptors (Lipinski definition) is 2. The Morgan fingerprint density at radius 3 is 2.52 bits per heavy atom. The van der Waals surface area contributed by atoms with E-state index in [0.29, 0.717) is 0 Å². The summed E-state index contributed by atoms with van der Waals surface area (Å²) in [6.07, 6.45) is 8.02. The van der Waals surface area contributed by atoms with Crippen LogP contribution in [0.15, 0.2) is 66.3 Å². The van der Waals surface area contributed by atoms with Gasteiger partial charge in [-0.15, -0.1) is 6.58 Å². The molecule has 2 N–H and O–H groups in total. The van der Waals surface area contributed by atoms with Crippen LogP contribution in [0.5, 0.6) is 11.5 Å². The van der Waals surface area contributed by atoms with Crippen LogP contribution in [0.2, 0.25) is 0 Å². The van der Waals surface area contributed by atoms with Crippen molar-refractivity contribution in [2.75, 3.05) is 0 Å². The largest absolute Gasteiger partial charge is 0.508 e. The van der Waals surface area contributed by atoms with E-state index in [0.717, 1.165) is 55.2 Å². The normalized spacial score (nSPS) is 19.6. The highest BCUT2D eigenvalue weighted by Gasteiger charge is 2.36. The molecule has 0 saturated carbocycles. The van der Waals surface area contributed by atoms with Crippen molar-refractivity contribution < 1.29 is 10.2 Å². The van der Waals surface area contributed by atoms with Crippen molar-refractivity contribution >= 4 is 0 Å². The van der Waals surface area contributed by atoms with Crippen LogP contribution in [0.3, 0.4) is 0 Å². The maximum Gasteiger partial charge on any atom is 0.123 e. The Kier molecular flexibility index (Phi) is 5.74. The second kappa shape index (κ2) is 8.04. The van der Waals surface area contributed by atoms with Gasteiger partial charge >= 0.3 is 0 Å². The molecule has 0 saturated heterocycles. The van der Waals surface area contributed by atoms with Gasteiger partial charge < -0.3 is 10.2 Å². The molecular formula is C25H30O2. The van der Waals surface area contributed by atoms with Gasteiger partial charge in [-0.25, -0.2) is 0 Å². The third-order valence-corrected chi connectivity index (χ3v) is 5.54. The zero-order chi connectivity index (χ0) is 19.4. The fourth-order valence-corrected chi connectivity index (χ4v) is 4.63. The number of aromatic hydroxyl groups is 2. The monoisotopic (exact) mass is 362 g/mol. The molecule has 27 heavy (non-hydrogen) atoms. The summed E-state index contributed by atoms with van der Waals surface area (Å²) in [5.74, 6) is 0.326. The number of phenolic OH excluding ortho intramolecular Hbond substituents is 2. The van der Waals surface area contributed by atoms with E-state index in [1.165, 1.54) is 17.2 Å². The van der Waals surface area contributed by atoms with Crippen LogP contribution in [0.25, 0.3) is 0 Å². The minimum absolute atomic E-state index is 0.126. The van der Waals surface area contributed by atoms with Crippen LogP contribution >= 0.6 is 0 Å². The fraction of sp³-hybridized carbons (Fsp3) is 0.360. The lowest BCUT2D eigenvalue weighted by atomic mass is 9.66. The van der Waals surface area contributed by atoms with Gasteiger partial charge in [-0.05, 0) is 69.6 Å². The lowest BCUT2D eigenvalue weighted by Crippen LogP contribution is -2.29. The molecule has 0 spiro atoms. The van der Waals surface area contributed by atoms with E-state index in [1.54, 1.807) is 0 Å². The first-order chi connectivity index (χ1) is 12.9. The van der Waals surface area contributed by atoms with Gasteiger partial charge in [-0.1, -0.05) is 47.6 Å². The topological polar surface area (TPSA) is 40.5 Å². The van der Waals surface area contributed by atoms with Crippen LogP contribution in [0, 0.1) is 0 Å². The average Bonchev–Trinajstić information content (AvgIpc) is 2.59. The zero-order valence-corrected chi connectivity index (χ0v) is 16.5. The van der Waals surface area contributed by atoms with E-state index in [2.05, 4.69) is 38.6 Å². The molecule has 1 atom stereocenters. The molecule has 0 unspecified atom stereocenters. The van der Waals surface area contributed by atoms with Crippen molar-refractivity contribution in [3.05, 3.63) is 83.0 Å². The average molecular weight is 363 g/mol. The number of hydrogen-bond donors (Lipinski definition) is 2. The van der Waals surface area contributed by atoms with E-state index in [9.17, 15) is 10.2 Å². The summed E-state index contributed by atoms with van der Waals surface area (Å²) in [4.78, 5) is 0. The second-order valence-corrected chi connectivity index (χ2v) is 8.12. The molecule has 0 aromatic heterocycles. The summed E-state index contributed by atoms with van der Waals surface area (Å²) in [6, 6.07) is 13.7. The van der Waals surface area contributed by atoms with Crippen molar-refractivity contribution in [3.8, 4) is 11.5 Å². The third-order valence-electron chi connectivity index (χ3n) is 5.54. The molecule has 2 aromatic rings. The highest BCUT2D eigenvalue weighted by atomic mass is 16.3. The van der Waals surface area contributed by atoms with Gasteiger partial charge in [0.15, 0.2) is 0 Å². The summed E-state index contributed by atoms with van der Waals surface area (Å²) >= 11 is 0. The first-order valence-corrected chi connectivity index (χ1v) is 9.81. The SMILES string of the molecule is C=C(C)C[C@]1(c2c(O)cc(O)cc2CCc2ccccc2)C=C(C)CCC1. The summed E-state index contributed by atoms with van der Waals surface area (Å²) in [7, 11) is 0. The summed E-state index contributed by atoms with van der Waals surface area (Å²) in [5, 5.41) is 21.0. The van der Waals surface area contributed by atoms with E-state index in [4.69, 9.17) is 0 Å². The first-order valence-electron chi connectivity index (χ1n) is 9.81. The number of benzene rings is 2. The van der Waals surface area contributed by atoms with Crippen molar-refractivity contribution in [1.29, 1.82) is 0 Å². The quantitative estimate of drug-likeness (QED) is 0.599. The Bertz CT molecular complexity index is 848. The number of allylic oxidation sites excluding steroid dienone is 3.